The largest absolute Gasteiger partial charge is 0.331 e. The molecule has 28 heavy (non-hydrogen) atoms. The van der Waals surface area contributed by atoms with Crippen molar-refractivity contribution in [3.8, 4) is 0 Å². The molecule has 1 heterocycles. The van der Waals surface area contributed by atoms with Gasteiger partial charge in [-0.2, -0.15) is 0 Å². The van der Waals surface area contributed by atoms with E-state index in [1.807, 2.05) is 18.2 Å². The van der Waals surface area contributed by atoms with Crippen molar-refractivity contribution in [2.45, 2.75) is 40.3 Å². The van der Waals surface area contributed by atoms with E-state index in [0.29, 0.717) is 29.6 Å². The van der Waals surface area contributed by atoms with Gasteiger partial charge in [0.15, 0.2) is 0 Å². The Kier molecular flexibility index (Phi) is 6.35. The zero-order chi connectivity index (χ0) is 20.3. The van der Waals surface area contributed by atoms with Gasteiger partial charge in [0.1, 0.15) is 11.6 Å². The van der Waals surface area contributed by atoms with Crippen LogP contribution in [0.1, 0.15) is 43.4 Å². The maximum Gasteiger partial charge on any atom is 0.254 e. The Hall–Kier alpha value is -2.40. The van der Waals surface area contributed by atoms with Crippen molar-refractivity contribution in [3.05, 3.63) is 64.7 Å². The van der Waals surface area contributed by atoms with Gasteiger partial charge in [-0.15, -0.1) is 0 Å². The summed E-state index contributed by atoms with van der Waals surface area (Å²) in [6.07, 6.45) is 0.945. The highest BCUT2D eigenvalue weighted by molar-refractivity contribution is 6.31. The topological polar surface area (TPSA) is 38.1 Å². The molecule has 1 amide bonds. The number of carbonyl (C=O) groups excluding carboxylic acids is 1. The van der Waals surface area contributed by atoms with Gasteiger partial charge in [-0.05, 0) is 54.8 Å². The zero-order valence-electron chi connectivity index (χ0n) is 16.5. The van der Waals surface area contributed by atoms with Crippen LogP contribution >= 0.6 is 11.6 Å². The fourth-order valence-corrected chi connectivity index (χ4v) is 3.51. The van der Waals surface area contributed by atoms with Crippen LogP contribution in [0.5, 0.6) is 0 Å². The summed E-state index contributed by atoms with van der Waals surface area (Å²) in [7, 11) is 0. The normalized spacial score (nSPS) is 11.4. The number of hydrogen-bond acceptors (Lipinski definition) is 2. The summed E-state index contributed by atoms with van der Waals surface area (Å²) < 4.78 is 15.4. The van der Waals surface area contributed by atoms with Crippen molar-refractivity contribution in [3.63, 3.8) is 0 Å². The third kappa shape index (κ3) is 4.53. The fraction of sp³-hybridized carbons (Fsp3) is 0.364. The lowest BCUT2D eigenvalue weighted by atomic mass is 10.1. The van der Waals surface area contributed by atoms with Gasteiger partial charge in [-0.3, -0.25) is 4.79 Å². The molecule has 3 aromatic rings. The number of halogens is 2. The number of imidazole rings is 1. The number of benzene rings is 2. The molecule has 0 saturated heterocycles. The lowest BCUT2D eigenvalue weighted by molar-refractivity contribution is 0.0716. The van der Waals surface area contributed by atoms with Crippen LogP contribution in [-0.2, 0) is 13.1 Å². The van der Waals surface area contributed by atoms with E-state index in [1.165, 1.54) is 24.3 Å². The van der Waals surface area contributed by atoms with Gasteiger partial charge in [0.05, 0.1) is 17.6 Å². The molecule has 0 aliphatic rings. The van der Waals surface area contributed by atoms with Gasteiger partial charge in [-0.25, -0.2) is 9.37 Å². The van der Waals surface area contributed by atoms with Gasteiger partial charge in [0.2, 0.25) is 0 Å². The summed E-state index contributed by atoms with van der Waals surface area (Å²) >= 11 is 6.18. The number of carbonyl (C=O) groups is 1. The number of rotatable bonds is 7. The number of nitrogens with zero attached hydrogens (tertiary/aromatic N) is 3. The summed E-state index contributed by atoms with van der Waals surface area (Å²) in [4.78, 5) is 19.6. The van der Waals surface area contributed by atoms with E-state index in [-0.39, 0.29) is 11.7 Å². The molecule has 0 N–H and O–H groups in total. The Morgan fingerprint density at radius 2 is 1.93 bits per heavy atom. The molecule has 0 radical (unpaired) electrons. The molecule has 2 aromatic carbocycles. The van der Waals surface area contributed by atoms with Crippen molar-refractivity contribution in [2.75, 3.05) is 6.54 Å². The van der Waals surface area contributed by atoms with E-state index in [2.05, 4.69) is 25.3 Å². The van der Waals surface area contributed by atoms with Crippen LogP contribution in [0.15, 0.2) is 42.5 Å². The predicted molar refractivity (Wildman–Crippen MR) is 111 cm³/mol. The molecule has 0 atom stereocenters. The maximum absolute atomic E-state index is 13.2. The second-order valence-corrected chi connectivity index (χ2v) is 7.84. The van der Waals surface area contributed by atoms with Crippen molar-refractivity contribution < 1.29 is 9.18 Å². The lowest BCUT2D eigenvalue weighted by Gasteiger charge is -2.25. The van der Waals surface area contributed by atoms with E-state index in [9.17, 15) is 9.18 Å². The van der Waals surface area contributed by atoms with Crippen LogP contribution in [0.3, 0.4) is 0 Å². The monoisotopic (exact) mass is 401 g/mol. The Morgan fingerprint density at radius 3 is 2.57 bits per heavy atom. The molecule has 0 unspecified atom stereocenters. The second-order valence-electron chi connectivity index (χ2n) is 7.40. The average molecular weight is 402 g/mol. The summed E-state index contributed by atoms with van der Waals surface area (Å²) in [6.45, 7) is 8.02. The van der Waals surface area contributed by atoms with Crippen molar-refractivity contribution in [1.29, 1.82) is 0 Å². The molecule has 0 aliphatic carbocycles. The first-order valence-corrected chi connectivity index (χ1v) is 9.96. The molecule has 3 rings (SSSR count). The lowest BCUT2D eigenvalue weighted by Crippen LogP contribution is -2.34. The SMILES string of the molecule is CCCn1c(CN(CC(C)C)C(=O)c2ccc(F)cc2)nc2ccc(Cl)cc21. The number of aromatic nitrogens is 2. The highest BCUT2D eigenvalue weighted by Gasteiger charge is 2.21. The highest BCUT2D eigenvalue weighted by atomic mass is 35.5. The van der Waals surface area contributed by atoms with E-state index in [0.717, 1.165) is 29.8 Å². The first-order valence-electron chi connectivity index (χ1n) is 9.58. The van der Waals surface area contributed by atoms with E-state index < -0.39 is 0 Å². The fourth-order valence-electron chi connectivity index (χ4n) is 3.35. The maximum atomic E-state index is 13.2. The number of fused-ring (bicyclic) bond motifs is 1. The van der Waals surface area contributed by atoms with Crippen LogP contribution in [0.2, 0.25) is 5.02 Å². The molecule has 0 fully saturated rings. The van der Waals surface area contributed by atoms with Crippen molar-refractivity contribution in [2.24, 2.45) is 5.92 Å². The molecule has 4 nitrogen and oxygen atoms in total. The number of amides is 1. The summed E-state index contributed by atoms with van der Waals surface area (Å²) in [6, 6.07) is 11.3. The standard InChI is InChI=1S/C22H25ClFN3O/c1-4-11-27-20-12-17(23)7-10-19(20)25-21(27)14-26(13-15(2)3)22(28)16-5-8-18(24)9-6-16/h5-10,12,15H,4,11,13-14H2,1-3H3. The number of aryl methyl sites for hydroxylation is 1. The minimum absolute atomic E-state index is 0.123. The van der Waals surface area contributed by atoms with Gasteiger partial charge >= 0.3 is 0 Å². The first kappa shape index (κ1) is 20.3. The molecule has 0 saturated carbocycles. The summed E-state index contributed by atoms with van der Waals surface area (Å²) in [5.74, 6) is 0.647. The zero-order valence-corrected chi connectivity index (χ0v) is 17.2. The van der Waals surface area contributed by atoms with Gasteiger partial charge in [-0.1, -0.05) is 32.4 Å². The van der Waals surface area contributed by atoms with Crippen molar-refractivity contribution in [1.82, 2.24) is 14.5 Å². The Morgan fingerprint density at radius 1 is 1.21 bits per heavy atom. The summed E-state index contributed by atoms with van der Waals surface area (Å²) in [5, 5.41) is 0.665. The second kappa shape index (κ2) is 8.74. The minimum Gasteiger partial charge on any atom is -0.331 e. The van der Waals surface area contributed by atoms with E-state index in [4.69, 9.17) is 16.6 Å². The predicted octanol–water partition coefficient (Wildman–Crippen LogP) is 5.54. The Balaban J connectivity index is 1.97. The van der Waals surface area contributed by atoms with Gasteiger partial charge < -0.3 is 9.47 Å². The Bertz CT molecular complexity index is 966. The Labute approximate surface area is 169 Å². The first-order chi connectivity index (χ1) is 13.4. The molecule has 0 aliphatic heterocycles. The molecule has 0 bridgehead atoms. The van der Waals surface area contributed by atoms with Crippen LogP contribution < -0.4 is 0 Å². The highest BCUT2D eigenvalue weighted by Crippen LogP contribution is 2.23. The van der Waals surface area contributed by atoms with Gasteiger partial charge in [0, 0.05) is 23.7 Å². The van der Waals surface area contributed by atoms with Gasteiger partial charge in [0.25, 0.3) is 5.91 Å². The van der Waals surface area contributed by atoms with Crippen LogP contribution in [-0.4, -0.2) is 26.9 Å². The average Bonchev–Trinajstić information content (AvgIpc) is 2.98. The number of hydrogen-bond donors (Lipinski definition) is 0. The van der Waals surface area contributed by atoms with E-state index in [1.54, 1.807) is 4.90 Å². The molecular formula is C22H25ClFN3O. The third-order valence-corrected chi connectivity index (χ3v) is 4.77. The van der Waals surface area contributed by atoms with Crippen LogP contribution in [0.25, 0.3) is 11.0 Å². The third-order valence-electron chi connectivity index (χ3n) is 4.53. The smallest absolute Gasteiger partial charge is 0.254 e. The van der Waals surface area contributed by atoms with Crippen molar-refractivity contribution >= 4 is 28.5 Å². The van der Waals surface area contributed by atoms with E-state index >= 15 is 0 Å². The van der Waals surface area contributed by atoms with Crippen LogP contribution in [0.4, 0.5) is 4.39 Å². The summed E-state index contributed by atoms with van der Waals surface area (Å²) in [5.41, 5.74) is 2.32. The molecule has 0 spiro atoms. The molecule has 6 heteroatoms. The minimum atomic E-state index is -0.353. The molecule has 148 valence electrons. The molecular weight excluding hydrogens is 377 g/mol. The quantitative estimate of drug-likeness (QED) is 0.521. The van der Waals surface area contributed by atoms with Crippen LogP contribution in [0, 0.1) is 11.7 Å². The molecule has 1 aromatic heterocycles.